The molecule has 0 saturated heterocycles. The van der Waals surface area contributed by atoms with Crippen LogP contribution in [0.25, 0.3) is 0 Å². The Kier molecular flexibility index (Phi) is 5.20. The number of carboxylic acid groups (broad SMARTS) is 1. The average Bonchev–Trinajstić information content (AvgIpc) is 2.16. The van der Waals surface area contributed by atoms with Crippen molar-refractivity contribution in [2.45, 2.75) is 60.0 Å². The largest absolute Gasteiger partial charge is 0.480 e. The highest BCUT2D eigenvalue weighted by Crippen LogP contribution is 2.20. The molecule has 0 spiro atoms. The minimum absolute atomic E-state index is 0.0383. The first-order valence-electron chi connectivity index (χ1n) is 6.26. The molecule has 0 rings (SSSR count). The Morgan fingerprint density at radius 3 is 1.94 bits per heavy atom. The minimum atomic E-state index is -1.21. The van der Waals surface area contributed by atoms with Crippen molar-refractivity contribution in [1.82, 2.24) is 10.2 Å². The SMILES string of the molecule is CCN(C(=O)NC(C)C(C)(C)C)C(C)(C)C(=O)O. The Bertz CT molecular complexity index is 319. The van der Waals surface area contributed by atoms with E-state index in [2.05, 4.69) is 5.32 Å². The maximum atomic E-state index is 12.1. The van der Waals surface area contributed by atoms with Crippen molar-refractivity contribution in [3.05, 3.63) is 0 Å². The number of carboxylic acids is 1. The second-order valence-corrected chi connectivity index (χ2v) is 6.15. The number of urea groups is 1. The van der Waals surface area contributed by atoms with Crippen LogP contribution in [-0.2, 0) is 4.79 Å². The van der Waals surface area contributed by atoms with Crippen LogP contribution in [0.3, 0.4) is 0 Å². The van der Waals surface area contributed by atoms with Gasteiger partial charge in [0.15, 0.2) is 0 Å². The maximum Gasteiger partial charge on any atom is 0.329 e. The molecule has 1 atom stereocenters. The lowest BCUT2D eigenvalue weighted by Gasteiger charge is -2.37. The van der Waals surface area contributed by atoms with Gasteiger partial charge in [-0.1, -0.05) is 20.8 Å². The zero-order chi connectivity index (χ0) is 14.7. The van der Waals surface area contributed by atoms with E-state index in [-0.39, 0.29) is 17.5 Å². The molecule has 0 radical (unpaired) electrons. The molecule has 0 aromatic carbocycles. The van der Waals surface area contributed by atoms with Crippen molar-refractivity contribution in [2.24, 2.45) is 5.41 Å². The van der Waals surface area contributed by atoms with Gasteiger partial charge in [-0.3, -0.25) is 0 Å². The molecule has 0 saturated carbocycles. The predicted molar refractivity (Wildman–Crippen MR) is 71.5 cm³/mol. The Balaban J connectivity index is 4.90. The molecule has 0 bridgehead atoms. The molecule has 0 aliphatic carbocycles. The lowest BCUT2D eigenvalue weighted by atomic mass is 9.88. The van der Waals surface area contributed by atoms with E-state index in [1.165, 1.54) is 18.7 Å². The summed E-state index contributed by atoms with van der Waals surface area (Å²) in [5, 5.41) is 12.0. The van der Waals surface area contributed by atoms with E-state index >= 15 is 0 Å². The smallest absolute Gasteiger partial charge is 0.329 e. The summed E-state index contributed by atoms with van der Waals surface area (Å²) in [6.07, 6.45) is 0. The van der Waals surface area contributed by atoms with E-state index in [9.17, 15) is 9.59 Å². The zero-order valence-electron chi connectivity index (χ0n) is 12.5. The molecule has 0 aromatic heterocycles. The van der Waals surface area contributed by atoms with Crippen LogP contribution in [0, 0.1) is 5.41 Å². The van der Waals surface area contributed by atoms with Crippen molar-refractivity contribution in [2.75, 3.05) is 6.54 Å². The fraction of sp³-hybridized carbons (Fsp3) is 0.846. The number of carbonyl (C=O) groups is 2. The quantitative estimate of drug-likeness (QED) is 0.813. The van der Waals surface area contributed by atoms with Gasteiger partial charge in [-0.2, -0.15) is 0 Å². The van der Waals surface area contributed by atoms with Crippen LogP contribution in [-0.4, -0.2) is 40.1 Å². The van der Waals surface area contributed by atoms with Crippen molar-refractivity contribution < 1.29 is 14.7 Å². The van der Waals surface area contributed by atoms with Gasteiger partial charge in [0, 0.05) is 12.6 Å². The molecular weight excluding hydrogens is 232 g/mol. The van der Waals surface area contributed by atoms with Gasteiger partial charge < -0.3 is 15.3 Å². The molecule has 2 N–H and O–H groups in total. The lowest BCUT2D eigenvalue weighted by molar-refractivity contribution is -0.147. The van der Waals surface area contributed by atoms with Gasteiger partial charge >= 0.3 is 12.0 Å². The van der Waals surface area contributed by atoms with Crippen molar-refractivity contribution in [1.29, 1.82) is 0 Å². The standard InChI is InChI=1S/C13H26N2O3/c1-8-15(13(6,7)10(16)17)11(18)14-9(2)12(3,4)5/h9H,8H2,1-7H3,(H,14,18)(H,16,17). The first-order chi connectivity index (χ1) is 7.94. The second-order valence-electron chi connectivity index (χ2n) is 6.15. The van der Waals surface area contributed by atoms with Crippen LogP contribution in [0.5, 0.6) is 0 Å². The molecule has 0 fully saturated rings. The predicted octanol–water partition coefficient (Wildman–Crippen LogP) is 2.32. The van der Waals surface area contributed by atoms with Gasteiger partial charge in [-0.25, -0.2) is 9.59 Å². The molecule has 0 aromatic rings. The van der Waals surface area contributed by atoms with Crippen LogP contribution < -0.4 is 5.32 Å². The summed E-state index contributed by atoms with van der Waals surface area (Å²) in [4.78, 5) is 24.7. The third-order valence-corrected chi connectivity index (χ3v) is 3.40. The minimum Gasteiger partial charge on any atom is -0.480 e. The van der Waals surface area contributed by atoms with Crippen LogP contribution in [0.1, 0.15) is 48.5 Å². The summed E-state index contributed by atoms with van der Waals surface area (Å²) < 4.78 is 0. The summed E-state index contributed by atoms with van der Waals surface area (Å²) in [6, 6.07) is -0.379. The van der Waals surface area contributed by atoms with Crippen molar-refractivity contribution in [3.63, 3.8) is 0 Å². The maximum absolute atomic E-state index is 12.1. The monoisotopic (exact) mass is 258 g/mol. The summed E-state index contributed by atoms with van der Waals surface area (Å²) in [7, 11) is 0. The fourth-order valence-electron chi connectivity index (χ4n) is 1.39. The van der Waals surface area contributed by atoms with E-state index in [0.717, 1.165) is 0 Å². The van der Waals surface area contributed by atoms with Crippen LogP contribution >= 0.6 is 0 Å². The highest BCUT2D eigenvalue weighted by atomic mass is 16.4. The van der Waals surface area contributed by atoms with Gasteiger partial charge in [0.2, 0.25) is 0 Å². The van der Waals surface area contributed by atoms with E-state index < -0.39 is 11.5 Å². The summed E-state index contributed by atoms with van der Waals surface area (Å²) in [6.45, 7) is 13.2. The Hall–Kier alpha value is -1.26. The van der Waals surface area contributed by atoms with E-state index in [4.69, 9.17) is 5.11 Å². The van der Waals surface area contributed by atoms with E-state index in [1.807, 2.05) is 27.7 Å². The number of likely N-dealkylation sites (N-methyl/N-ethyl adjacent to an activating group) is 1. The molecule has 1 unspecified atom stereocenters. The summed E-state index contributed by atoms with van der Waals surface area (Å²) in [5.74, 6) is -1.01. The molecule has 0 aliphatic heterocycles. The van der Waals surface area contributed by atoms with E-state index in [0.29, 0.717) is 6.54 Å². The number of nitrogens with zero attached hydrogens (tertiary/aromatic N) is 1. The number of nitrogens with one attached hydrogen (secondary N) is 1. The Morgan fingerprint density at radius 1 is 1.22 bits per heavy atom. The molecule has 0 heterocycles. The van der Waals surface area contributed by atoms with Crippen molar-refractivity contribution in [3.8, 4) is 0 Å². The summed E-state index contributed by atoms with van der Waals surface area (Å²) in [5.41, 5.74) is -1.28. The van der Waals surface area contributed by atoms with E-state index in [1.54, 1.807) is 6.92 Å². The molecule has 106 valence electrons. The highest BCUT2D eigenvalue weighted by molar-refractivity contribution is 5.85. The molecule has 5 nitrogen and oxygen atoms in total. The zero-order valence-corrected chi connectivity index (χ0v) is 12.5. The topological polar surface area (TPSA) is 69.6 Å². The van der Waals surface area contributed by atoms with Gasteiger partial charge in [-0.15, -0.1) is 0 Å². The van der Waals surface area contributed by atoms with Crippen LogP contribution in [0.2, 0.25) is 0 Å². The number of rotatable bonds is 4. The molecule has 5 heteroatoms. The first kappa shape index (κ1) is 16.7. The van der Waals surface area contributed by atoms with Gasteiger partial charge in [0.1, 0.15) is 5.54 Å². The second kappa shape index (κ2) is 5.59. The first-order valence-corrected chi connectivity index (χ1v) is 6.26. The van der Waals surface area contributed by atoms with Gasteiger partial charge in [-0.05, 0) is 33.1 Å². The van der Waals surface area contributed by atoms with Gasteiger partial charge in [0.05, 0.1) is 0 Å². The van der Waals surface area contributed by atoms with Crippen LogP contribution in [0.15, 0.2) is 0 Å². The Morgan fingerprint density at radius 2 is 1.67 bits per heavy atom. The van der Waals surface area contributed by atoms with Crippen LogP contribution in [0.4, 0.5) is 4.79 Å². The number of amides is 2. The summed E-state index contributed by atoms with van der Waals surface area (Å²) >= 11 is 0. The average molecular weight is 258 g/mol. The number of aliphatic carboxylic acids is 1. The molecule has 2 amide bonds. The lowest BCUT2D eigenvalue weighted by Crippen LogP contribution is -2.58. The normalized spacial score (nSPS) is 13.9. The van der Waals surface area contributed by atoms with Gasteiger partial charge in [0.25, 0.3) is 0 Å². The number of hydrogen-bond donors (Lipinski definition) is 2. The Labute approximate surface area is 110 Å². The molecular formula is C13H26N2O3. The highest BCUT2D eigenvalue weighted by Gasteiger charge is 2.37. The number of carbonyl (C=O) groups excluding carboxylic acids is 1. The fourth-order valence-corrected chi connectivity index (χ4v) is 1.39. The third kappa shape index (κ3) is 3.89. The molecule has 0 aliphatic rings. The third-order valence-electron chi connectivity index (χ3n) is 3.40. The number of hydrogen-bond acceptors (Lipinski definition) is 2. The molecule has 18 heavy (non-hydrogen) atoms. The van der Waals surface area contributed by atoms with Crippen molar-refractivity contribution >= 4 is 12.0 Å².